The van der Waals surface area contributed by atoms with Crippen LogP contribution in [0.15, 0.2) is 70.3 Å². The molecule has 0 radical (unpaired) electrons. The van der Waals surface area contributed by atoms with Crippen LogP contribution in [0, 0.1) is 5.82 Å². The van der Waals surface area contributed by atoms with Crippen LogP contribution >= 0.6 is 0 Å². The van der Waals surface area contributed by atoms with E-state index < -0.39 is 29.3 Å². The highest BCUT2D eigenvalue weighted by Crippen LogP contribution is 2.40. The number of Topliss-reactive ketones (excluding diaryl/α,β-unsaturated/α-hetero) is 1. The Labute approximate surface area is 191 Å². The van der Waals surface area contributed by atoms with Gasteiger partial charge in [0, 0.05) is 17.5 Å². The molecule has 0 fully saturated rings. The van der Waals surface area contributed by atoms with E-state index in [1.165, 1.54) is 17.0 Å². The largest absolute Gasteiger partial charge is 0.503 e. The molecule has 1 atom stereocenters. The summed E-state index contributed by atoms with van der Waals surface area (Å²) in [6.45, 7) is 6.89. The molecule has 33 heavy (non-hydrogen) atoms. The highest BCUT2D eigenvalue weighted by atomic mass is 19.1. The van der Waals surface area contributed by atoms with E-state index in [1.54, 1.807) is 36.4 Å². The van der Waals surface area contributed by atoms with Crippen LogP contribution in [0.5, 0.6) is 0 Å². The highest BCUT2D eigenvalue weighted by Gasteiger charge is 2.45. The van der Waals surface area contributed by atoms with E-state index in [0.29, 0.717) is 12.0 Å². The summed E-state index contributed by atoms with van der Waals surface area (Å²) < 4.78 is 20.5. The third-order valence-electron chi connectivity index (χ3n) is 6.17. The Morgan fingerprint density at radius 2 is 1.82 bits per heavy atom. The van der Waals surface area contributed by atoms with Crippen molar-refractivity contribution in [1.29, 1.82) is 0 Å². The van der Waals surface area contributed by atoms with Crippen LogP contribution in [0.25, 0.3) is 11.0 Å². The van der Waals surface area contributed by atoms with Crippen molar-refractivity contribution >= 4 is 22.7 Å². The van der Waals surface area contributed by atoms with Crippen LogP contribution in [-0.4, -0.2) is 52.8 Å². The van der Waals surface area contributed by atoms with Gasteiger partial charge >= 0.3 is 0 Å². The van der Waals surface area contributed by atoms with Gasteiger partial charge in [0.15, 0.2) is 11.5 Å². The molecule has 1 aliphatic heterocycles. The number of carbonyl (C=O) groups is 2. The van der Waals surface area contributed by atoms with Crippen molar-refractivity contribution in [2.45, 2.75) is 26.3 Å². The van der Waals surface area contributed by atoms with E-state index >= 15 is 0 Å². The minimum atomic E-state index is -1.03. The maximum absolute atomic E-state index is 14.8. The summed E-state index contributed by atoms with van der Waals surface area (Å²) >= 11 is 0. The smallest absolute Gasteiger partial charge is 0.290 e. The molecule has 0 unspecified atom stereocenters. The van der Waals surface area contributed by atoms with Crippen molar-refractivity contribution in [1.82, 2.24) is 9.80 Å². The van der Waals surface area contributed by atoms with Gasteiger partial charge < -0.3 is 19.3 Å². The Balaban J connectivity index is 1.71. The van der Waals surface area contributed by atoms with Crippen molar-refractivity contribution in [2.75, 3.05) is 26.2 Å². The average molecular weight is 451 g/mol. The molecule has 172 valence electrons. The number of ketones is 1. The lowest BCUT2D eigenvalue weighted by Gasteiger charge is -2.28. The fourth-order valence-electron chi connectivity index (χ4n) is 4.37. The SMILES string of the molecule is CCN(CC)CCCN1C(=O)C(O)=C(C(=O)c2cc3ccccc3o2)[C@@H]1c1ccccc1F. The number of benzene rings is 2. The van der Waals surface area contributed by atoms with Crippen molar-refractivity contribution in [3.8, 4) is 0 Å². The monoisotopic (exact) mass is 450 g/mol. The summed E-state index contributed by atoms with van der Waals surface area (Å²) in [6, 6.07) is 13.7. The maximum Gasteiger partial charge on any atom is 0.290 e. The van der Waals surface area contributed by atoms with E-state index in [4.69, 9.17) is 4.42 Å². The summed E-state index contributed by atoms with van der Waals surface area (Å²) in [5.74, 6) is -2.51. The topological polar surface area (TPSA) is 74.0 Å². The van der Waals surface area contributed by atoms with Gasteiger partial charge in [0.25, 0.3) is 5.91 Å². The molecule has 3 aromatic rings. The number of rotatable bonds is 9. The molecule has 6 nitrogen and oxygen atoms in total. The molecule has 1 N–H and O–H groups in total. The van der Waals surface area contributed by atoms with Crippen molar-refractivity contribution < 1.29 is 23.5 Å². The lowest BCUT2D eigenvalue weighted by atomic mass is 9.94. The fraction of sp³-hybridized carbons (Fsp3) is 0.308. The van der Waals surface area contributed by atoms with Gasteiger partial charge in [-0.15, -0.1) is 0 Å². The number of hydrogen-bond donors (Lipinski definition) is 1. The van der Waals surface area contributed by atoms with Gasteiger partial charge in [0.05, 0.1) is 11.6 Å². The standard InChI is InChI=1S/C26H27FN2O4/c1-3-28(4-2)14-9-15-29-23(18-11-6-7-12-19(18)27)22(25(31)26(29)32)24(30)21-16-17-10-5-8-13-20(17)33-21/h5-8,10-13,16,23,31H,3-4,9,14-15H2,1-2H3/t23-/m0/s1. The van der Waals surface area contributed by atoms with Crippen LogP contribution in [0.3, 0.4) is 0 Å². The molecule has 0 saturated heterocycles. The Hall–Kier alpha value is -3.45. The number of aliphatic hydroxyl groups excluding tert-OH is 1. The van der Waals surface area contributed by atoms with E-state index in [9.17, 15) is 19.1 Å². The molecule has 0 saturated carbocycles. The first-order valence-corrected chi connectivity index (χ1v) is 11.2. The molecular formula is C26H27FN2O4. The van der Waals surface area contributed by atoms with Crippen LogP contribution < -0.4 is 0 Å². The number of hydrogen-bond acceptors (Lipinski definition) is 5. The molecular weight excluding hydrogens is 423 g/mol. The summed E-state index contributed by atoms with van der Waals surface area (Å²) in [6.07, 6.45) is 0.623. The summed E-state index contributed by atoms with van der Waals surface area (Å²) in [4.78, 5) is 30.1. The van der Waals surface area contributed by atoms with E-state index in [2.05, 4.69) is 18.7 Å². The molecule has 4 rings (SSSR count). The lowest BCUT2D eigenvalue weighted by molar-refractivity contribution is -0.129. The second-order valence-corrected chi connectivity index (χ2v) is 8.04. The van der Waals surface area contributed by atoms with Gasteiger partial charge in [0.1, 0.15) is 11.4 Å². The quantitative estimate of drug-likeness (QED) is 0.470. The van der Waals surface area contributed by atoms with Crippen LogP contribution in [0.2, 0.25) is 0 Å². The molecule has 7 heteroatoms. The minimum absolute atomic E-state index is 0.00289. The molecule has 2 aromatic carbocycles. The number of fused-ring (bicyclic) bond motifs is 1. The number of carbonyl (C=O) groups excluding carboxylic acids is 2. The zero-order valence-electron chi connectivity index (χ0n) is 18.8. The lowest BCUT2D eigenvalue weighted by Crippen LogP contribution is -2.35. The van der Waals surface area contributed by atoms with E-state index in [1.807, 2.05) is 6.07 Å². The first-order valence-electron chi connectivity index (χ1n) is 11.2. The molecule has 1 aromatic heterocycles. The van der Waals surface area contributed by atoms with Crippen LogP contribution in [-0.2, 0) is 4.79 Å². The molecule has 1 amide bonds. The van der Waals surface area contributed by atoms with Crippen LogP contribution in [0.1, 0.15) is 42.4 Å². The number of halogens is 1. The Bertz CT molecular complexity index is 1180. The van der Waals surface area contributed by atoms with Gasteiger partial charge in [-0.1, -0.05) is 50.2 Å². The third kappa shape index (κ3) is 4.28. The van der Waals surface area contributed by atoms with Gasteiger partial charge in [-0.05, 0) is 44.3 Å². The first-order chi connectivity index (χ1) is 16.0. The van der Waals surface area contributed by atoms with Gasteiger partial charge in [0.2, 0.25) is 5.78 Å². The molecule has 0 bridgehead atoms. The number of furan rings is 1. The summed E-state index contributed by atoms with van der Waals surface area (Å²) in [7, 11) is 0. The summed E-state index contributed by atoms with van der Waals surface area (Å²) in [5, 5.41) is 11.5. The molecule has 2 heterocycles. The zero-order valence-corrected chi connectivity index (χ0v) is 18.8. The number of nitrogens with zero attached hydrogens (tertiary/aromatic N) is 2. The number of amides is 1. The zero-order chi connectivity index (χ0) is 23.5. The Kier molecular flexibility index (Phi) is 6.60. The van der Waals surface area contributed by atoms with Gasteiger partial charge in [-0.2, -0.15) is 0 Å². The Morgan fingerprint density at radius 1 is 1.12 bits per heavy atom. The molecule has 0 aliphatic carbocycles. The average Bonchev–Trinajstić information content (AvgIpc) is 3.36. The Morgan fingerprint density at radius 3 is 2.52 bits per heavy atom. The minimum Gasteiger partial charge on any atom is -0.503 e. The van der Waals surface area contributed by atoms with Crippen LogP contribution in [0.4, 0.5) is 4.39 Å². The normalized spacial score (nSPS) is 16.4. The van der Waals surface area contributed by atoms with E-state index in [0.717, 1.165) is 25.0 Å². The fourth-order valence-corrected chi connectivity index (χ4v) is 4.37. The molecule has 0 spiro atoms. The van der Waals surface area contributed by atoms with Crippen molar-refractivity contribution in [3.63, 3.8) is 0 Å². The number of para-hydroxylation sites is 1. The second kappa shape index (κ2) is 9.58. The van der Waals surface area contributed by atoms with Crippen molar-refractivity contribution in [2.24, 2.45) is 0 Å². The molecule has 1 aliphatic rings. The highest BCUT2D eigenvalue weighted by molar-refractivity contribution is 6.16. The van der Waals surface area contributed by atoms with E-state index in [-0.39, 0.29) is 23.4 Å². The first kappa shape index (κ1) is 22.7. The number of aliphatic hydroxyl groups is 1. The third-order valence-corrected chi connectivity index (χ3v) is 6.17. The van der Waals surface area contributed by atoms with Gasteiger partial charge in [-0.25, -0.2) is 4.39 Å². The van der Waals surface area contributed by atoms with Crippen molar-refractivity contribution in [3.05, 3.63) is 83.1 Å². The predicted octanol–water partition coefficient (Wildman–Crippen LogP) is 4.88. The summed E-state index contributed by atoms with van der Waals surface area (Å²) in [5.41, 5.74) is 0.521. The predicted molar refractivity (Wildman–Crippen MR) is 123 cm³/mol. The van der Waals surface area contributed by atoms with Gasteiger partial charge in [-0.3, -0.25) is 9.59 Å². The second-order valence-electron chi connectivity index (χ2n) is 8.04. The maximum atomic E-state index is 14.8.